The fourth-order valence-corrected chi connectivity index (χ4v) is 3.31. The van der Waals surface area contributed by atoms with Crippen molar-refractivity contribution >= 4 is 35.0 Å². The number of hydrogen-bond acceptors (Lipinski definition) is 4. The summed E-state index contributed by atoms with van der Waals surface area (Å²) in [5, 5.41) is 14.1. The number of halogens is 1. The third-order valence-electron chi connectivity index (χ3n) is 3.73. The molecule has 0 fully saturated rings. The quantitative estimate of drug-likeness (QED) is 0.418. The van der Waals surface area contributed by atoms with Crippen molar-refractivity contribution in [1.29, 1.82) is 0 Å². The number of rotatable bonds is 7. The van der Waals surface area contributed by atoms with Crippen LogP contribution in [-0.4, -0.2) is 16.1 Å². The van der Waals surface area contributed by atoms with Crippen molar-refractivity contribution in [2.24, 2.45) is 0 Å². The minimum Gasteiger partial charge on any atom is -0.348 e. The summed E-state index contributed by atoms with van der Waals surface area (Å²) in [6.07, 6.45) is 0.766. The Bertz CT molecular complexity index is 735. The van der Waals surface area contributed by atoms with E-state index in [-0.39, 0.29) is 22.9 Å². The molecule has 2 unspecified atom stereocenters. The molecule has 25 heavy (non-hydrogen) atoms. The predicted molar refractivity (Wildman–Crippen MR) is 101 cm³/mol. The number of benzene rings is 2. The summed E-state index contributed by atoms with van der Waals surface area (Å²) in [5.74, 6) is -0.0786. The van der Waals surface area contributed by atoms with E-state index in [0.717, 1.165) is 16.9 Å². The SMILES string of the molecule is CCC(NC(=O)C(C)Sc1ccc([N+](=O)[O-])cc1)c1ccc(Cl)cc1. The van der Waals surface area contributed by atoms with Gasteiger partial charge in [-0.25, -0.2) is 0 Å². The Kier molecular flexibility index (Phi) is 6.84. The second kappa shape index (κ2) is 8.87. The monoisotopic (exact) mass is 378 g/mol. The first-order valence-electron chi connectivity index (χ1n) is 7.87. The van der Waals surface area contributed by atoms with Gasteiger partial charge >= 0.3 is 0 Å². The number of non-ortho nitro benzene ring substituents is 1. The molecule has 1 N–H and O–H groups in total. The average molecular weight is 379 g/mol. The summed E-state index contributed by atoms with van der Waals surface area (Å²) in [6.45, 7) is 3.82. The van der Waals surface area contributed by atoms with Crippen molar-refractivity contribution in [3.8, 4) is 0 Å². The summed E-state index contributed by atoms with van der Waals surface area (Å²) >= 11 is 7.27. The van der Waals surface area contributed by atoms with Crippen LogP contribution in [0.5, 0.6) is 0 Å². The molecule has 0 saturated carbocycles. The highest BCUT2D eigenvalue weighted by molar-refractivity contribution is 8.00. The molecule has 1 amide bonds. The molecule has 2 aromatic rings. The number of nitrogens with one attached hydrogen (secondary N) is 1. The van der Waals surface area contributed by atoms with E-state index < -0.39 is 4.92 Å². The van der Waals surface area contributed by atoms with Crippen LogP contribution in [0.4, 0.5) is 5.69 Å². The second-order valence-corrected chi connectivity index (χ2v) is 7.38. The van der Waals surface area contributed by atoms with E-state index in [1.807, 2.05) is 26.0 Å². The zero-order valence-electron chi connectivity index (χ0n) is 13.9. The molecule has 0 aliphatic heterocycles. The Labute approximate surface area is 155 Å². The Morgan fingerprint density at radius 1 is 1.20 bits per heavy atom. The van der Waals surface area contributed by atoms with Crippen LogP contribution in [0.2, 0.25) is 5.02 Å². The normalized spacial score (nSPS) is 13.1. The highest BCUT2D eigenvalue weighted by atomic mass is 35.5. The molecule has 0 radical (unpaired) electrons. The van der Waals surface area contributed by atoms with Crippen molar-refractivity contribution in [2.45, 2.75) is 36.5 Å². The topological polar surface area (TPSA) is 72.2 Å². The van der Waals surface area contributed by atoms with Gasteiger partial charge in [0.15, 0.2) is 0 Å². The molecular weight excluding hydrogens is 360 g/mol. The molecule has 2 aromatic carbocycles. The lowest BCUT2D eigenvalue weighted by atomic mass is 10.0. The van der Waals surface area contributed by atoms with Gasteiger partial charge in [0.2, 0.25) is 5.91 Å². The molecule has 0 bridgehead atoms. The average Bonchev–Trinajstić information content (AvgIpc) is 2.60. The molecule has 132 valence electrons. The van der Waals surface area contributed by atoms with Crippen molar-refractivity contribution in [2.75, 3.05) is 0 Å². The van der Waals surface area contributed by atoms with E-state index in [2.05, 4.69) is 5.32 Å². The maximum atomic E-state index is 12.5. The first-order valence-corrected chi connectivity index (χ1v) is 9.13. The maximum Gasteiger partial charge on any atom is 0.269 e. The molecule has 0 aromatic heterocycles. The fourth-order valence-electron chi connectivity index (χ4n) is 2.31. The van der Waals surface area contributed by atoms with Crippen LogP contribution in [0.15, 0.2) is 53.4 Å². The Morgan fingerprint density at radius 2 is 1.80 bits per heavy atom. The van der Waals surface area contributed by atoms with E-state index in [4.69, 9.17) is 11.6 Å². The fraction of sp³-hybridized carbons (Fsp3) is 0.278. The molecule has 2 atom stereocenters. The minimum absolute atomic E-state index is 0.0373. The van der Waals surface area contributed by atoms with Crippen LogP contribution in [0.1, 0.15) is 31.9 Å². The standard InChI is InChI=1S/C18H19ClN2O3S/c1-3-17(13-4-6-14(19)7-5-13)20-18(22)12(2)25-16-10-8-15(9-11-16)21(23)24/h4-12,17H,3H2,1-2H3,(H,20,22). The van der Waals surface area contributed by atoms with E-state index in [1.54, 1.807) is 24.3 Å². The minimum atomic E-state index is -0.442. The highest BCUT2D eigenvalue weighted by Crippen LogP contribution is 2.26. The summed E-state index contributed by atoms with van der Waals surface area (Å²) < 4.78 is 0. The molecular formula is C18H19ClN2O3S. The van der Waals surface area contributed by atoms with Crippen LogP contribution in [-0.2, 0) is 4.79 Å². The van der Waals surface area contributed by atoms with Gasteiger partial charge in [0, 0.05) is 22.1 Å². The molecule has 2 rings (SSSR count). The van der Waals surface area contributed by atoms with Crippen molar-refractivity contribution in [3.05, 3.63) is 69.2 Å². The third-order valence-corrected chi connectivity index (χ3v) is 5.09. The van der Waals surface area contributed by atoms with Crippen LogP contribution < -0.4 is 5.32 Å². The van der Waals surface area contributed by atoms with Gasteiger partial charge in [0.1, 0.15) is 0 Å². The lowest BCUT2D eigenvalue weighted by Crippen LogP contribution is -2.34. The number of nitrogens with zero attached hydrogens (tertiary/aromatic N) is 1. The van der Waals surface area contributed by atoms with Crippen LogP contribution in [0.25, 0.3) is 0 Å². The number of thioether (sulfide) groups is 1. The highest BCUT2D eigenvalue weighted by Gasteiger charge is 2.19. The molecule has 7 heteroatoms. The molecule has 0 heterocycles. The first kappa shape index (κ1) is 19.3. The Morgan fingerprint density at radius 3 is 2.32 bits per heavy atom. The summed E-state index contributed by atoms with van der Waals surface area (Å²) in [4.78, 5) is 23.5. The van der Waals surface area contributed by atoms with E-state index in [0.29, 0.717) is 5.02 Å². The van der Waals surface area contributed by atoms with Crippen LogP contribution >= 0.6 is 23.4 Å². The van der Waals surface area contributed by atoms with Crippen molar-refractivity contribution < 1.29 is 9.72 Å². The number of hydrogen-bond donors (Lipinski definition) is 1. The van der Waals surface area contributed by atoms with Crippen molar-refractivity contribution in [1.82, 2.24) is 5.32 Å². The van der Waals surface area contributed by atoms with Crippen LogP contribution in [0.3, 0.4) is 0 Å². The zero-order chi connectivity index (χ0) is 18.4. The molecule has 5 nitrogen and oxygen atoms in total. The number of nitro groups is 1. The third kappa shape index (κ3) is 5.47. The Hall–Kier alpha value is -2.05. The molecule has 0 aliphatic carbocycles. The van der Waals surface area contributed by atoms with Gasteiger partial charge in [-0.3, -0.25) is 14.9 Å². The second-order valence-electron chi connectivity index (χ2n) is 5.53. The van der Waals surface area contributed by atoms with Gasteiger partial charge < -0.3 is 5.32 Å². The van der Waals surface area contributed by atoms with Gasteiger partial charge in [-0.15, -0.1) is 11.8 Å². The molecule has 0 aliphatic rings. The molecule has 0 saturated heterocycles. The summed E-state index contributed by atoms with van der Waals surface area (Å²) in [6, 6.07) is 13.5. The number of carbonyl (C=O) groups excluding carboxylic acids is 1. The lowest BCUT2D eigenvalue weighted by molar-refractivity contribution is -0.384. The smallest absolute Gasteiger partial charge is 0.269 e. The predicted octanol–water partition coefficient (Wildman–Crippen LogP) is 5.00. The zero-order valence-corrected chi connectivity index (χ0v) is 15.5. The summed E-state index contributed by atoms with van der Waals surface area (Å²) in [5.41, 5.74) is 1.04. The number of carbonyl (C=O) groups is 1. The van der Waals surface area contributed by atoms with Crippen LogP contribution in [0, 0.1) is 10.1 Å². The van der Waals surface area contributed by atoms with Gasteiger partial charge in [0.05, 0.1) is 16.2 Å². The Balaban J connectivity index is 1.98. The van der Waals surface area contributed by atoms with E-state index in [9.17, 15) is 14.9 Å². The van der Waals surface area contributed by atoms with Gasteiger partial charge in [-0.2, -0.15) is 0 Å². The largest absolute Gasteiger partial charge is 0.348 e. The van der Waals surface area contributed by atoms with Gasteiger partial charge in [-0.1, -0.05) is 30.7 Å². The first-order chi connectivity index (χ1) is 11.9. The maximum absolute atomic E-state index is 12.5. The van der Waals surface area contributed by atoms with Gasteiger partial charge in [-0.05, 0) is 43.2 Å². The van der Waals surface area contributed by atoms with Gasteiger partial charge in [0.25, 0.3) is 5.69 Å². The lowest BCUT2D eigenvalue weighted by Gasteiger charge is -2.20. The van der Waals surface area contributed by atoms with E-state index in [1.165, 1.54) is 23.9 Å². The summed E-state index contributed by atoms with van der Waals surface area (Å²) in [7, 11) is 0. The van der Waals surface area contributed by atoms with Crippen molar-refractivity contribution in [3.63, 3.8) is 0 Å². The molecule has 0 spiro atoms. The number of amides is 1. The number of nitro benzene ring substituents is 1. The van der Waals surface area contributed by atoms with E-state index >= 15 is 0 Å².